The van der Waals surface area contributed by atoms with Gasteiger partial charge >= 0.3 is 0 Å². The number of hydrogen-bond acceptors (Lipinski definition) is 2. The number of nitrogens with one attached hydrogen (secondary N) is 1. The summed E-state index contributed by atoms with van der Waals surface area (Å²) in [5.41, 5.74) is 3.32. The normalized spacial score (nSPS) is 16.2. The molecule has 1 saturated heterocycles. The van der Waals surface area contributed by atoms with Crippen molar-refractivity contribution in [1.82, 2.24) is 0 Å². The molecule has 1 N–H and O–H groups in total. The van der Waals surface area contributed by atoms with Crippen molar-refractivity contribution >= 4 is 29.2 Å². The number of likely N-dealkylation sites (N-methyl/N-ethyl adjacent to an activating group) is 1. The molecule has 4 heteroatoms. The van der Waals surface area contributed by atoms with Crippen molar-refractivity contribution < 1.29 is 4.90 Å². The van der Waals surface area contributed by atoms with Gasteiger partial charge in [-0.05, 0) is 48.9 Å². The summed E-state index contributed by atoms with van der Waals surface area (Å²) in [5, 5.41) is 0.747. The van der Waals surface area contributed by atoms with Crippen LogP contribution in [0, 0.1) is 0 Å². The Morgan fingerprint density at radius 1 is 1.04 bits per heavy atom. The zero-order chi connectivity index (χ0) is 16.1. The third-order valence-electron chi connectivity index (χ3n) is 4.42. The van der Waals surface area contributed by atoms with Crippen LogP contribution in [0.3, 0.4) is 0 Å². The molecule has 0 bridgehead atoms. The van der Waals surface area contributed by atoms with Crippen molar-refractivity contribution in [2.75, 3.05) is 37.6 Å². The Hall–Kier alpha value is -1.84. The minimum absolute atomic E-state index is 0.747. The summed E-state index contributed by atoms with van der Waals surface area (Å²) in [7, 11) is 0. The van der Waals surface area contributed by atoms with Gasteiger partial charge < -0.3 is 9.80 Å². The number of anilines is 1. The summed E-state index contributed by atoms with van der Waals surface area (Å²) < 4.78 is 0. The van der Waals surface area contributed by atoms with Gasteiger partial charge in [-0.2, -0.15) is 0 Å². The molecule has 1 aliphatic rings. The molecule has 1 aliphatic heterocycles. The van der Waals surface area contributed by atoms with Crippen LogP contribution in [-0.2, 0) is 0 Å². The average molecular weight is 329 g/mol. The molecule has 0 saturated carbocycles. The maximum atomic E-state index is 5.89. The van der Waals surface area contributed by atoms with E-state index in [-0.39, 0.29) is 0 Å². The second kappa shape index (κ2) is 7.62. The highest BCUT2D eigenvalue weighted by Gasteiger charge is 2.18. The molecule has 3 nitrogen and oxygen atoms in total. The van der Waals surface area contributed by atoms with Crippen LogP contribution >= 0.6 is 11.6 Å². The standard InChI is InChI=1S/C19H22ClN3/c1-2-22-11-13-23(14-12-22)19-9-7-18(8-10-19)21-15-16-3-5-17(20)6-4-16/h3-10,15H,2,11-14H2,1H3/p+1. The van der Waals surface area contributed by atoms with Crippen molar-refractivity contribution in [3.8, 4) is 0 Å². The molecule has 2 aromatic rings. The summed E-state index contributed by atoms with van der Waals surface area (Å²) in [6.07, 6.45) is 1.87. The van der Waals surface area contributed by atoms with Gasteiger partial charge in [0.25, 0.3) is 0 Å². The Bertz CT molecular complexity index is 641. The number of quaternary nitrogens is 1. The highest BCUT2D eigenvalue weighted by atomic mass is 35.5. The predicted molar refractivity (Wildman–Crippen MR) is 98.6 cm³/mol. The van der Waals surface area contributed by atoms with Crippen LogP contribution in [0.15, 0.2) is 53.5 Å². The molecule has 1 fully saturated rings. The summed E-state index contributed by atoms with van der Waals surface area (Å²) in [6, 6.07) is 16.2. The molecular formula is C19H23ClN3+. The zero-order valence-corrected chi connectivity index (χ0v) is 14.3. The van der Waals surface area contributed by atoms with Crippen LogP contribution in [0.4, 0.5) is 11.4 Å². The number of benzene rings is 2. The van der Waals surface area contributed by atoms with Gasteiger partial charge in [-0.15, -0.1) is 0 Å². The lowest BCUT2D eigenvalue weighted by Gasteiger charge is -2.33. The minimum atomic E-state index is 0.747. The van der Waals surface area contributed by atoms with Crippen molar-refractivity contribution in [2.24, 2.45) is 4.99 Å². The van der Waals surface area contributed by atoms with Gasteiger partial charge in [0.15, 0.2) is 0 Å². The van der Waals surface area contributed by atoms with Crippen LogP contribution in [0.25, 0.3) is 0 Å². The fourth-order valence-corrected chi connectivity index (χ4v) is 3.01. The van der Waals surface area contributed by atoms with Gasteiger partial charge in [0.05, 0.1) is 38.4 Å². The van der Waals surface area contributed by atoms with E-state index in [0.29, 0.717) is 0 Å². The summed E-state index contributed by atoms with van der Waals surface area (Å²) in [4.78, 5) is 8.69. The van der Waals surface area contributed by atoms with E-state index in [9.17, 15) is 0 Å². The van der Waals surface area contributed by atoms with Crippen LogP contribution in [-0.4, -0.2) is 38.9 Å². The number of hydrogen-bond donors (Lipinski definition) is 1. The largest absolute Gasteiger partial charge is 0.360 e. The molecule has 0 unspecified atom stereocenters. The SMILES string of the molecule is CC[NH+]1CCN(c2ccc(N=Cc3ccc(Cl)cc3)cc2)CC1. The smallest absolute Gasteiger partial charge is 0.0949 e. The Labute approximate surface area is 143 Å². The summed E-state index contributed by atoms with van der Waals surface area (Å²) >= 11 is 5.89. The maximum Gasteiger partial charge on any atom is 0.0949 e. The van der Waals surface area contributed by atoms with Gasteiger partial charge in [0, 0.05) is 16.9 Å². The molecule has 120 valence electrons. The first-order valence-corrected chi connectivity index (χ1v) is 8.60. The Kier molecular flexibility index (Phi) is 5.31. The highest BCUT2D eigenvalue weighted by molar-refractivity contribution is 6.30. The van der Waals surface area contributed by atoms with Gasteiger partial charge in [-0.25, -0.2) is 0 Å². The molecule has 0 radical (unpaired) electrons. The van der Waals surface area contributed by atoms with Crippen molar-refractivity contribution in [1.29, 1.82) is 0 Å². The van der Waals surface area contributed by atoms with E-state index in [4.69, 9.17) is 11.6 Å². The lowest BCUT2D eigenvalue weighted by atomic mass is 10.2. The van der Waals surface area contributed by atoms with Gasteiger partial charge in [-0.1, -0.05) is 23.7 Å². The quantitative estimate of drug-likeness (QED) is 0.856. The third-order valence-corrected chi connectivity index (χ3v) is 4.67. The van der Waals surface area contributed by atoms with Crippen LogP contribution in [0.2, 0.25) is 5.02 Å². The van der Waals surface area contributed by atoms with Crippen LogP contribution in [0.1, 0.15) is 12.5 Å². The first-order valence-electron chi connectivity index (χ1n) is 8.23. The molecule has 1 heterocycles. The Morgan fingerprint density at radius 2 is 1.70 bits per heavy atom. The monoisotopic (exact) mass is 328 g/mol. The lowest BCUT2D eigenvalue weighted by Crippen LogP contribution is -3.14. The maximum absolute atomic E-state index is 5.89. The van der Waals surface area contributed by atoms with Gasteiger partial charge in [-0.3, -0.25) is 4.99 Å². The van der Waals surface area contributed by atoms with Gasteiger partial charge in [0.2, 0.25) is 0 Å². The van der Waals surface area contributed by atoms with E-state index in [1.165, 1.54) is 25.3 Å². The Morgan fingerprint density at radius 3 is 2.30 bits per heavy atom. The fourth-order valence-electron chi connectivity index (χ4n) is 2.88. The van der Waals surface area contributed by atoms with Crippen molar-refractivity contribution in [3.63, 3.8) is 0 Å². The average Bonchev–Trinajstić information content (AvgIpc) is 2.62. The molecule has 23 heavy (non-hydrogen) atoms. The summed E-state index contributed by atoms with van der Waals surface area (Å²) in [6.45, 7) is 8.22. The number of nitrogens with zero attached hydrogens (tertiary/aromatic N) is 2. The second-order valence-corrected chi connectivity index (χ2v) is 6.35. The minimum Gasteiger partial charge on any atom is -0.360 e. The molecule has 0 spiro atoms. The zero-order valence-electron chi connectivity index (χ0n) is 13.5. The second-order valence-electron chi connectivity index (χ2n) is 5.92. The number of aliphatic imine (C=N–C) groups is 1. The number of piperazine rings is 1. The summed E-state index contributed by atoms with van der Waals surface area (Å²) in [5.74, 6) is 0. The van der Waals surface area contributed by atoms with Crippen molar-refractivity contribution in [2.45, 2.75) is 6.92 Å². The molecule has 3 rings (SSSR count). The van der Waals surface area contributed by atoms with Crippen molar-refractivity contribution in [3.05, 3.63) is 59.1 Å². The first-order chi connectivity index (χ1) is 11.2. The fraction of sp³-hybridized carbons (Fsp3) is 0.316. The van der Waals surface area contributed by atoms with E-state index < -0.39 is 0 Å². The van der Waals surface area contributed by atoms with Crippen LogP contribution < -0.4 is 9.80 Å². The Balaban J connectivity index is 1.62. The van der Waals surface area contributed by atoms with E-state index >= 15 is 0 Å². The topological polar surface area (TPSA) is 20.0 Å². The molecule has 0 amide bonds. The first kappa shape index (κ1) is 16.0. The molecule has 0 atom stereocenters. The van der Waals surface area contributed by atoms with Crippen LogP contribution in [0.5, 0.6) is 0 Å². The predicted octanol–water partition coefficient (Wildman–Crippen LogP) is 2.82. The van der Waals surface area contributed by atoms with E-state index in [2.05, 4.69) is 41.1 Å². The molecule has 0 aromatic heterocycles. The third kappa shape index (κ3) is 4.34. The molecular weight excluding hydrogens is 306 g/mol. The van der Waals surface area contributed by atoms with Gasteiger partial charge in [0.1, 0.15) is 0 Å². The van der Waals surface area contributed by atoms with E-state index in [0.717, 1.165) is 29.4 Å². The van der Waals surface area contributed by atoms with E-state index in [1.807, 2.05) is 30.5 Å². The molecule has 0 aliphatic carbocycles. The highest BCUT2D eigenvalue weighted by Crippen LogP contribution is 2.20. The number of rotatable bonds is 4. The number of halogens is 1. The van der Waals surface area contributed by atoms with E-state index in [1.54, 1.807) is 4.90 Å². The molecule has 2 aromatic carbocycles. The lowest BCUT2D eigenvalue weighted by molar-refractivity contribution is -0.898.